The molecule has 0 fully saturated rings. The van der Waals surface area contributed by atoms with Crippen molar-refractivity contribution in [2.24, 2.45) is 0 Å². The molecule has 0 aliphatic rings. The fraction of sp³-hybridized carbons (Fsp3) is 0.0800. The molecule has 0 radical (unpaired) electrons. The van der Waals surface area contributed by atoms with Gasteiger partial charge in [0.15, 0.2) is 10.9 Å². The summed E-state index contributed by atoms with van der Waals surface area (Å²) in [7, 11) is 0. The maximum atomic E-state index is 12.6. The van der Waals surface area contributed by atoms with E-state index in [0.29, 0.717) is 16.5 Å². The Bertz CT molecular complexity index is 1050. The van der Waals surface area contributed by atoms with Gasteiger partial charge in [-0.05, 0) is 13.0 Å². The third-order valence-corrected chi connectivity index (χ3v) is 5.40. The number of aromatic nitrogens is 2. The summed E-state index contributed by atoms with van der Waals surface area (Å²) in [6.07, 6.45) is 0. The molecule has 0 saturated carbocycles. The van der Waals surface area contributed by atoms with E-state index >= 15 is 0 Å². The van der Waals surface area contributed by atoms with Gasteiger partial charge in [0.25, 0.3) is 0 Å². The van der Waals surface area contributed by atoms with Crippen LogP contribution in [0.1, 0.15) is 15.9 Å². The van der Waals surface area contributed by atoms with E-state index < -0.39 is 0 Å². The van der Waals surface area contributed by atoms with Gasteiger partial charge in [-0.15, -0.1) is 0 Å². The molecule has 1 heterocycles. The fourth-order valence-electron chi connectivity index (χ4n) is 2.96. The predicted molar refractivity (Wildman–Crippen MR) is 119 cm³/mol. The zero-order valence-corrected chi connectivity index (χ0v) is 16.9. The molecule has 0 amide bonds. The lowest BCUT2D eigenvalue weighted by Crippen LogP contribution is -2.03. The van der Waals surface area contributed by atoms with Crippen molar-refractivity contribution >= 4 is 17.5 Å². The van der Waals surface area contributed by atoms with Crippen molar-refractivity contribution in [2.75, 3.05) is 5.75 Å². The van der Waals surface area contributed by atoms with Crippen LogP contribution in [-0.2, 0) is 0 Å². The topological polar surface area (TPSA) is 42.9 Å². The summed E-state index contributed by atoms with van der Waals surface area (Å²) >= 11 is 1.37. The highest BCUT2D eigenvalue weighted by Crippen LogP contribution is 2.27. The number of benzene rings is 3. The summed E-state index contributed by atoms with van der Waals surface area (Å²) in [5.41, 5.74) is 5.61. The number of thioether (sulfide) groups is 1. The maximum absolute atomic E-state index is 12.6. The number of carbonyl (C=O) groups is 1. The molecule has 0 aliphatic carbocycles. The molecule has 0 aliphatic heterocycles. The SMILES string of the molecule is Cc1ccc(C(=O)CSc2nc(-c3ccccc3)cc(-c3ccccc3)n2)cc1. The van der Waals surface area contributed by atoms with Gasteiger partial charge < -0.3 is 0 Å². The second-order valence-electron chi connectivity index (χ2n) is 6.73. The number of carbonyl (C=O) groups excluding carboxylic acids is 1. The lowest BCUT2D eigenvalue weighted by Gasteiger charge is -2.08. The number of aryl methyl sites for hydroxylation is 1. The van der Waals surface area contributed by atoms with Crippen molar-refractivity contribution < 1.29 is 4.79 Å². The molecule has 4 aromatic rings. The standard InChI is InChI=1S/C25H20N2OS/c1-18-12-14-21(15-13-18)24(28)17-29-25-26-22(19-8-4-2-5-9-19)16-23(27-25)20-10-6-3-7-11-20/h2-16H,17H2,1H3. The molecule has 0 N–H and O–H groups in total. The van der Waals surface area contributed by atoms with Gasteiger partial charge in [0.1, 0.15) is 0 Å². The Morgan fingerprint density at radius 1 is 0.759 bits per heavy atom. The Hall–Kier alpha value is -3.24. The molecule has 1 aromatic heterocycles. The van der Waals surface area contributed by atoms with E-state index in [1.165, 1.54) is 11.8 Å². The lowest BCUT2D eigenvalue weighted by atomic mass is 10.1. The molecule has 3 nitrogen and oxygen atoms in total. The van der Waals surface area contributed by atoms with Crippen LogP contribution in [0, 0.1) is 6.92 Å². The number of Topliss-reactive ketones (excluding diaryl/α,β-unsaturated/α-hetero) is 1. The molecular weight excluding hydrogens is 376 g/mol. The highest BCUT2D eigenvalue weighted by Gasteiger charge is 2.12. The summed E-state index contributed by atoms with van der Waals surface area (Å²) in [5, 5.41) is 0.602. The van der Waals surface area contributed by atoms with Gasteiger partial charge in [0, 0.05) is 16.7 Å². The van der Waals surface area contributed by atoms with Crippen molar-refractivity contribution in [3.63, 3.8) is 0 Å². The van der Waals surface area contributed by atoms with Crippen LogP contribution in [0.2, 0.25) is 0 Å². The number of nitrogens with zero attached hydrogens (tertiary/aromatic N) is 2. The van der Waals surface area contributed by atoms with Crippen LogP contribution in [0.4, 0.5) is 0 Å². The largest absolute Gasteiger partial charge is 0.293 e. The van der Waals surface area contributed by atoms with Gasteiger partial charge in [-0.2, -0.15) is 0 Å². The van der Waals surface area contributed by atoms with E-state index in [0.717, 1.165) is 28.1 Å². The second kappa shape index (κ2) is 8.84. The fourth-order valence-corrected chi connectivity index (χ4v) is 3.71. The molecule has 0 bridgehead atoms. The number of hydrogen-bond donors (Lipinski definition) is 0. The average molecular weight is 397 g/mol. The normalized spacial score (nSPS) is 10.7. The van der Waals surface area contributed by atoms with Crippen molar-refractivity contribution in [3.05, 3.63) is 102 Å². The molecule has 142 valence electrons. The van der Waals surface area contributed by atoms with Crippen molar-refractivity contribution in [2.45, 2.75) is 12.1 Å². The highest BCUT2D eigenvalue weighted by molar-refractivity contribution is 7.99. The predicted octanol–water partition coefficient (Wildman–Crippen LogP) is 6.09. The van der Waals surface area contributed by atoms with Gasteiger partial charge in [-0.25, -0.2) is 9.97 Å². The average Bonchev–Trinajstić information content (AvgIpc) is 2.79. The maximum Gasteiger partial charge on any atom is 0.189 e. The van der Waals surface area contributed by atoms with Gasteiger partial charge in [-0.3, -0.25) is 4.79 Å². The monoisotopic (exact) mass is 396 g/mol. The minimum Gasteiger partial charge on any atom is -0.293 e. The van der Waals surface area contributed by atoms with Crippen LogP contribution in [0.5, 0.6) is 0 Å². The minimum atomic E-state index is 0.0741. The van der Waals surface area contributed by atoms with E-state index in [4.69, 9.17) is 9.97 Å². The van der Waals surface area contributed by atoms with Crippen LogP contribution < -0.4 is 0 Å². The Balaban J connectivity index is 1.63. The number of ketones is 1. The van der Waals surface area contributed by atoms with Crippen LogP contribution in [0.3, 0.4) is 0 Å². The molecule has 3 aromatic carbocycles. The summed E-state index contributed by atoms with van der Waals surface area (Å²) in [6, 6.07) is 29.7. The summed E-state index contributed by atoms with van der Waals surface area (Å²) in [4.78, 5) is 22.0. The summed E-state index contributed by atoms with van der Waals surface area (Å²) in [6.45, 7) is 2.01. The molecule has 4 heteroatoms. The molecule has 0 saturated heterocycles. The second-order valence-corrected chi connectivity index (χ2v) is 7.67. The first-order valence-electron chi connectivity index (χ1n) is 9.41. The first-order chi connectivity index (χ1) is 14.2. The summed E-state index contributed by atoms with van der Waals surface area (Å²) < 4.78 is 0. The van der Waals surface area contributed by atoms with Crippen LogP contribution in [0.15, 0.2) is 96.2 Å². The minimum absolute atomic E-state index is 0.0741. The zero-order valence-electron chi connectivity index (χ0n) is 16.1. The van der Waals surface area contributed by atoms with Gasteiger partial charge in [-0.1, -0.05) is 102 Å². The van der Waals surface area contributed by atoms with Crippen LogP contribution in [-0.4, -0.2) is 21.5 Å². The third-order valence-electron chi connectivity index (χ3n) is 4.55. The zero-order chi connectivity index (χ0) is 20.1. The van der Waals surface area contributed by atoms with Crippen molar-refractivity contribution in [1.82, 2.24) is 9.97 Å². The molecular formula is C25H20N2OS. The van der Waals surface area contributed by atoms with E-state index in [1.54, 1.807) is 0 Å². The molecule has 0 atom stereocenters. The third kappa shape index (κ3) is 4.79. The van der Waals surface area contributed by atoms with Crippen molar-refractivity contribution in [3.8, 4) is 22.5 Å². The first-order valence-corrected chi connectivity index (χ1v) is 10.4. The summed E-state index contributed by atoms with van der Waals surface area (Å²) in [5.74, 6) is 0.375. The Kier molecular flexibility index (Phi) is 5.82. The quantitative estimate of drug-likeness (QED) is 0.225. The molecule has 29 heavy (non-hydrogen) atoms. The van der Waals surface area contributed by atoms with Gasteiger partial charge >= 0.3 is 0 Å². The number of rotatable bonds is 6. The Morgan fingerprint density at radius 3 is 1.79 bits per heavy atom. The first kappa shape index (κ1) is 19.1. The van der Waals surface area contributed by atoms with Crippen LogP contribution >= 0.6 is 11.8 Å². The Morgan fingerprint density at radius 2 is 1.28 bits per heavy atom. The molecule has 0 spiro atoms. The Labute approximate surface area is 174 Å². The molecule has 0 unspecified atom stereocenters. The lowest BCUT2D eigenvalue weighted by molar-refractivity contribution is 0.102. The van der Waals surface area contributed by atoms with E-state index in [9.17, 15) is 4.79 Å². The molecule has 4 rings (SSSR count). The van der Waals surface area contributed by atoms with Crippen molar-refractivity contribution in [1.29, 1.82) is 0 Å². The number of hydrogen-bond acceptors (Lipinski definition) is 4. The van der Waals surface area contributed by atoms with Gasteiger partial charge in [0.2, 0.25) is 0 Å². The smallest absolute Gasteiger partial charge is 0.189 e. The highest BCUT2D eigenvalue weighted by atomic mass is 32.2. The van der Waals surface area contributed by atoms with E-state index in [1.807, 2.05) is 97.9 Å². The van der Waals surface area contributed by atoms with Crippen LogP contribution in [0.25, 0.3) is 22.5 Å². The van der Waals surface area contributed by atoms with Gasteiger partial charge in [0.05, 0.1) is 17.1 Å². The van der Waals surface area contributed by atoms with E-state index in [-0.39, 0.29) is 5.78 Å². The van der Waals surface area contributed by atoms with E-state index in [2.05, 4.69) is 0 Å².